The Balaban J connectivity index is 2.91. The summed E-state index contributed by atoms with van der Waals surface area (Å²) in [5, 5.41) is 0. The van der Waals surface area contributed by atoms with Crippen LogP contribution in [0.3, 0.4) is 0 Å². The molecule has 0 saturated heterocycles. The van der Waals surface area contributed by atoms with E-state index in [0.717, 1.165) is 25.7 Å². The summed E-state index contributed by atoms with van der Waals surface area (Å²) in [6, 6.07) is 3.74. The van der Waals surface area contributed by atoms with Gasteiger partial charge in [-0.15, -0.1) is 0 Å². The molecule has 0 amide bonds. The molecule has 0 aliphatic rings. The van der Waals surface area contributed by atoms with E-state index in [2.05, 4.69) is 0 Å². The van der Waals surface area contributed by atoms with Crippen molar-refractivity contribution in [1.29, 1.82) is 0 Å². The summed E-state index contributed by atoms with van der Waals surface area (Å²) in [7, 11) is 0. The van der Waals surface area contributed by atoms with Gasteiger partial charge in [-0.05, 0) is 50.8 Å². The topological polar surface area (TPSA) is 131 Å². The molecule has 1 rings (SSSR count). The van der Waals surface area contributed by atoms with Crippen LogP contribution in [0.5, 0.6) is 11.5 Å². The summed E-state index contributed by atoms with van der Waals surface area (Å²) < 4.78 is 21.7. The summed E-state index contributed by atoms with van der Waals surface area (Å²) in [5.41, 5.74) is 6.69. The van der Waals surface area contributed by atoms with Gasteiger partial charge in [0.1, 0.15) is 18.2 Å². The van der Waals surface area contributed by atoms with Gasteiger partial charge >= 0.3 is 23.9 Å². The molecule has 1 aromatic rings. The van der Waals surface area contributed by atoms with Crippen LogP contribution in [0.2, 0.25) is 0 Å². The number of carbonyl (C=O) groups excluding carboxylic acids is 4. The SMILES string of the molecule is CCCCCC(=O)Oc1ccc(C[C@H](N)C(=O)O[C@@H](C)[C@H](C)OC(=O)C(C)C)cc1OC(=O)CCCCC. The average Bonchev–Trinajstić information content (AvgIpc) is 2.85. The summed E-state index contributed by atoms with van der Waals surface area (Å²) in [6.45, 7) is 10.8. The van der Waals surface area contributed by atoms with Crippen molar-refractivity contribution < 1.29 is 38.1 Å². The minimum absolute atomic E-state index is 0.0941. The highest BCUT2D eigenvalue weighted by Crippen LogP contribution is 2.30. The molecule has 0 unspecified atom stereocenters. The zero-order valence-electron chi connectivity index (χ0n) is 23.7. The second kappa shape index (κ2) is 17.5. The number of nitrogens with two attached hydrogens (primary N) is 1. The van der Waals surface area contributed by atoms with Gasteiger partial charge in [-0.2, -0.15) is 0 Å². The Morgan fingerprint density at radius 2 is 1.24 bits per heavy atom. The summed E-state index contributed by atoms with van der Waals surface area (Å²) >= 11 is 0. The van der Waals surface area contributed by atoms with E-state index in [9.17, 15) is 19.2 Å². The fourth-order valence-corrected chi connectivity index (χ4v) is 3.35. The molecule has 0 spiro atoms. The fourth-order valence-electron chi connectivity index (χ4n) is 3.35. The lowest BCUT2D eigenvalue weighted by molar-refractivity contribution is -0.168. The molecule has 0 fully saturated rings. The van der Waals surface area contributed by atoms with Crippen molar-refractivity contribution in [3.8, 4) is 11.5 Å². The first-order valence-corrected chi connectivity index (χ1v) is 13.7. The standard InChI is InChI=1S/C29H45NO8/c1-7-9-11-13-26(31)37-24-16-15-22(18-25(24)38-27(32)14-12-10-8-2)17-23(30)29(34)36-21(6)20(5)35-28(33)19(3)4/h15-16,18-21,23H,7-14,17,30H2,1-6H3/t20-,21-,23-/m0/s1. The molecular weight excluding hydrogens is 490 g/mol. The Hall–Kier alpha value is -2.94. The van der Waals surface area contributed by atoms with Crippen LogP contribution in [0.25, 0.3) is 0 Å². The third-order valence-electron chi connectivity index (χ3n) is 5.92. The molecule has 9 heteroatoms. The van der Waals surface area contributed by atoms with E-state index in [1.165, 1.54) is 6.07 Å². The Morgan fingerprint density at radius 3 is 1.74 bits per heavy atom. The lowest BCUT2D eigenvalue weighted by Crippen LogP contribution is -2.39. The molecule has 0 saturated carbocycles. The Labute approximate surface area is 226 Å². The molecule has 214 valence electrons. The van der Waals surface area contributed by atoms with Gasteiger partial charge in [0.2, 0.25) is 0 Å². The smallest absolute Gasteiger partial charge is 0.323 e. The summed E-state index contributed by atoms with van der Waals surface area (Å²) in [4.78, 5) is 49.1. The van der Waals surface area contributed by atoms with Crippen LogP contribution < -0.4 is 15.2 Å². The average molecular weight is 536 g/mol. The number of hydrogen-bond acceptors (Lipinski definition) is 9. The van der Waals surface area contributed by atoms with Crippen LogP contribution in [-0.4, -0.2) is 42.1 Å². The maximum atomic E-state index is 12.6. The van der Waals surface area contributed by atoms with Crippen molar-refractivity contribution in [2.45, 2.75) is 118 Å². The quantitative estimate of drug-likeness (QED) is 0.165. The van der Waals surface area contributed by atoms with Gasteiger partial charge in [0.15, 0.2) is 11.5 Å². The zero-order valence-corrected chi connectivity index (χ0v) is 23.7. The first kappa shape index (κ1) is 33.1. The predicted octanol–water partition coefficient (Wildman–Crippen LogP) is 5.05. The van der Waals surface area contributed by atoms with E-state index < -0.39 is 36.2 Å². The maximum absolute atomic E-state index is 12.6. The lowest BCUT2D eigenvalue weighted by atomic mass is 10.1. The van der Waals surface area contributed by atoms with Gasteiger partial charge < -0.3 is 24.7 Å². The van der Waals surface area contributed by atoms with Gasteiger partial charge in [0.25, 0.3) is 0 Å². The lowest BCUT2D eigenvalue weighted by Gasteiger charge is -2.23. The third kappa shape index (κ3) is 12.5. The first-order valence-electron chi connectivity index (χ1n) is 13.7. The molecule has 0 bridgehead atoms. The molecule has 0 aliphatic heterocycles. The molecule has 2 N–H and O–H groups in total. The number of benzene rings is 1. The van der Waals surface area contributed by atoms with Crippen LogP contribution >= 0.6 is 0 Å². The van der Waals surface area contributed by atoms with Gasteiger partial charge in [-0.3, -0.25) is 19.2 Å². The molecule has 0 aromatic heterocycles. The number of hydrogen-bond donors (Lipinski definition) is 1. The van der Waals surface area contributed by atoms with Crippen molar-refractivity contribution >= 4 is 23.9 Å². The summed E-state index contributed by atoms with van der Waals surface area (Å²) in [6.07, 6.45) is 4.45. The highest BCUT2D eigenvalue weighted by molar-refractivity contribution is 5.77. The minimum atomic E-state index is -1.01. The van der Waals surface area contributed by atoms with Crippen molar-refractivity contribution in [3.05, 3.63) is 23.8 Å². The van der Waals surface area contributed by atoms with Gasteiger partial charge in [0, 0.05) is 12.8 Å². The maximum Gasteiger partial charge on any atom is 0.323 e. The highest BCUT2D eigenvalue weighted by atomic mass is 16.6. The number of carbonyl (C=O) groups is 4. The zero-order chi connectivity index (χ0) is 28.7. The monoisotopic (exact) mass is 535 g/mol. The van der Waals surface area contributed by atoms with Crippen molar-refractivity contribution in [2.75, 3.05) is 0 Å². The Morgan fingerprint density at radius 1 is 0.737 bits per heavy atom. The predicted molar refractivity (Wildman–Crippen MR) is 144 cm³/mol. The van der Waals surface area contributed by atoms with E-state index >= 15 is 0 Å². The third-order valence-corrected chi connectivity index (χ3v) is 5.92. The number of unbranched alkanes of at least 4 members (excludes halogenated alkanes) is 4. The van der Waals surface area contributed by atoms with E-state index in [4.69, 9.17) is 24.7 Å². The van der Waals surface area contributed by atoms with Crippen LogP contribution in [0.15, 0.2) is 18.2 Å². The Bertz CT molecular complexity index is 914. The second-order valence-corrected chi connectivity index (χ2v) is 9.89. The van der Waals surface area contributed by atoms with Crippen LogP contribution in [0, 0.1) is 5.92 Å². The van der Waals surface area contributed by atoms with Crippen molar-refractivity contribution in [3.63, 3.8) is 0 Å². The normalized spacial score (nSPS) is 13.4. The molecule has 38 heavy (non-hydrogen) atoms. The second-order valence-electron chi connectivity index (χ2n) is 9.89. The first-order chi connectivity index (χ1) is 18.0. The molecule has 0 radical (unpaired) electrons. The fraction of sp³-hybridized carbons (Fsp3) is 0.655. The van der Waals surface area contributed by atoms with Crippen LogP contribution in [0.4, 0.5) is 0 Å². The van der Waals surface area contributed by atoms with Crippen molar-refractivity contribution in [1.82, 2.24) is 0 Å². The van der Waals surface area contributed by atoms with Crippen LogP contribution in [-0.2, 0) is 35.1 Å². The van der Waals surface area contributed by atoms with E-state index in [0.29, 0.717) is 18.4 Å². The van der Waals surface area contributed by atoms with Crippen molar-refractivity contribution in [2.24, 2.45) is 11.7 Å². The van der Waals surface area contributed by atoms with Gasteiger partial charge in [0.05, 0.1) is 5.92 Å². The molecule has 1 aromatic carbocycles. The minimum Gasteiger partial charge on any atom is -0.459 e. The van der Waals surface area contributed by atoms with Gasteiger partial charge in [-0.25, -0.2) is 0 Å². The Kier molecular flexibility index (Phi) is 15.3. The molecular formula is C29H45NO8. The number of rotatable bonds is 17. The molecule has 0 aliphatic carbocycles. The van der Waals surface area contributed by atoms with E-state index in [-0.39, 0.29) is 42.6 Å². The van der Waals surface area contributed by atoms with E-state index in [1.54, 1.807) is 39.8 Å². The highest BCUT2D eigenvalue weighted by Gasteiger charge is 2.25. The van der Waals surface area contributed by atoms with Crippen LogP contribution in [0.1, 0.15) is 98.5 Å². The largest absolute Gasteiger partial charge is 0.459 e. The molecule has 0 heterocycles. The van der Waals surface area contributed by atoms with Gasteiger partial charge in [-0.1, -0.05) is 59.4 Å². The number of ether oxygens (including phenoxy) is 4. The summed E-state index contributed by atoms with van der Waals surface area (Å²) in [5.74, 6) is -1.92. The number of esters is 4. The molecule has 9 nitrogen and oxygen atoms in total. The molecule has 3 atom stereocenters. The van der Waals surface area contributed by atoms with E-state index in [1.807, 2.05) is 13.8 Å².